The van der Waals surface area contributed by atoms with Gasteiger partial charge in [0.1, 0.15) is 17.7 Å². The Morgan fingerprint density at radius 2 is 1.77 bits per heavy atom. The van der Waals surface area contributed by atoms with Gasteiger partial charge in [-0.15, -0.1) is 0 Å². The van der Waals surface area contributed by atoms with Gasteiger partial charge in [0, 0.05) is 50.5 Å². The molecular weight excluding hydrogens is 446 g/mol. The van der Waals surface area contributed by atoms with E-state index in [1.807, 2.05) is 30.3 Å². The normalized spacial score (nSPS) is 14.1. The number of anilines is 2. The molecule has 0 bridgehead atoms. The highest BCUT2D eigenvalue weighted by Crippen LogP contribution is 2.24. The van der Waals surface area contributed by atoms with Crippen LogP contribution in [0.5, 0.6) is 0 Å². The average Bonchev–Trinajstić information content (AvgIpc) is 3.54. The maximum atomic E-state index is 12.5. The van der Waals surface area contributed by atoms with E-state index in [1.54, 1.807) is 35.7 Å². The summed E-state index contributed by atoms with van der Waals surface area (Å²) in [6.45, 7) is 4.06. The minimum atomic E-state index is -0.256. The zero-order valence-electron chi connectivity index (χ0n) is 18.9. The second kappa shape index (κ2) is 9.01. The molecule has 0 atom stereocenters. The Morgan fingerprint density at radius 1 is 0.971 bits per heavy atom. The van der Waals surface area contributed by atoms with Gasteiger partial charge in [-0.05, 0) is 18.2 Å². The molecule has 5 heterocycles. The quantitative estimate of drug-likeness (QED) is 0.399. The lowest BCUT2D eigenvalue weighted by Gasteiger charge is -2.35. The molecule has 1 amide bonds. The van der Waals surface area contributed by atoms with E-state index in [1.165, 1.54) is 0 Å². The Bertz CT molecular complexity index is 1440. The minimum Gasteiger partial charge on any atom is -0.451 e. The van der Waals surface area contributed by atoms with E-state index < -0.39 is 0 Å². The molecule has 1 aromatic carbocycles. The molecule has 0 saturated carbocycles. The Hall–Kier alpha value is -4.54. The van der Waals surface area contributed by atoms with E-state index in [0.29, 0.717) is 24.4 Å². The van der Waals surface area contributed by atoms with Crippen molar-refractivity contribution >= 4 is 39.7 Å². The first-order valence-electron chi connectivity index (χ1n) is 11.5. The van der Waals surface area contributed by atoms with Crippen LogP contribution in [0.3, 0.4) is 0 Å². The summed E-state index contributed by atoms with van der Waals surface area (Å²) >= 11 is 0. The number of carbonyl (C=O) groups excluding carboxylic acids is 1. The van der Waals surface area contributed by atoms with Gasteiger partial charge in [0.15, 0.2) is 11.4 Å². The average molecular weight is 470 g/mol. The Morgan fingerprint density at radius 3 is 2.60 bits per heavy atom. The third kappa shape index (κ3) is 4.12. The number of hydrogen-bond acceptors (Lipinski definition) is 9. The highest BCUT2D eigenvalue weighted by Gasteiger charge is 2.22. The molecule has 4 aromatic heterocycles. The molecule has 0 unspecified atom stereocenters. The molecule has 0 radical (unpaired) electrons. The lowest BCUT2D eigenvalue weighted by molar-refractivity contribution is 0.0926. The number of hydrogen-bond donors (Lipinski definition) is 1. The van der Waals surface area contributed by atoms with Crippen LogP contribution in [0.15, 0.2) is 65.7 Å². The minimum absolute atomic E-state index is 0.256. The topological polar surface area (TPSA) is 118 Å². The Balaban J connectivity index is 1.11. The maximum Gasteiger partial charge on any atom is 0.287 e. The summed E-state index contributed by atoms with van der Waals surface area (Å²) in [5.74, 6) is 1.65. The van der Waals surface area contributed by atoms with Crippen molar-refractivity contribution in [3.63, 3.8) is 0 Å². The summed E-state index contributed by atoms with van der Waals surface area (Å²) in [6, 6.07) is 11.1. The van der Waals surface area contributed by atoms with E-state index in [4.69, 9.17) is 4.42 Å². The highest BCUT2D eigenvalue weighted by atomic mass is 16.3. The van der Waals surface area contributed by atoms with Crippen molar-refractivity contribution in [1.82, 2.24) is 35.0 Å². The van der Waals surface area contributed by atoms with E-state index in [-0.39, 0.29) is 5.91 Å². The molecule has 35 heavy (non-hydrogen) atoms. The van der Waals surface area contributed by atoms with Gasteiger partial charge in [-0.3, -0.25) is 4.79 Å². The van der Waals surface area contributed by atoms with Crippen LogP contribution in [0.4, 0.5) is 11.8 Å². The molecule has 176 valence electrons. The van der Waals surface area contributed by atoms with E-state index in [2.05, 4.69) is 40.2 Å². The van der Waals surface area contributed by atoms with Gasteiger partial charge < -0.3 is 19.5 Å². The summed E-state index contributed by atoms with van der Waals surface area (Å²) in [5, 5.41) is 9.19. The Kier molecular flexibility index (Phi) is 5.41. The molecule has 6 rings (SSSR count). The van der Waals surface area contributed by atoms with Crippen LogP contribution in [0, 0.1) is 0 Å². The standard InChI is InChI=1S/C24H23N9O2/c34-23(20-14-17-4-1-2-5-19(17)35-20)25-8-9-33-22-18(15-30-33)21(28-16-29-22)31-10-12-32(13-11-31)24-26-6-3-7-27-24/h1-7,14-16H,8-13H2,(H,25,34). The van der Waals surface area contributed by atoms with Gasteiger partial charge in [0.25, 0.3) is 5.91 Å². The second-order valence-electron chi connectivity index (χ2n) is 8.23. The molecule has 11 heteroatoms. The third-order valence-electron chi connectivity index (χ3n) is 6.09. The van der Waals surface area contributed by atoms with Crippen LogP contribution in [0.25, 0.3) is 22.0 Å². The summed E-state index contributed by atoms with van der Waals surface area (Å²) in [6.07, 6.45) is 6.88. The number of piperazine rings is 1. The molecule has 0 aliphatic carbocycles. The molecule has 1 saturated heterocycles. The van der Waals surface area contributed by atoms with Crippen LogP contribution in [0.1, 0.15) is 10.6 Å². The molecule has 0 spiro atoms. The zero-order valence-corrected chi connectivity index (χ0v) is 18.9. The molecular formula is C24H23N9O2. The van der Waals surface area contributed by atoms with Crippen LogP contribution in [0.2, 0.25) is 0 Å². The lowest BCUT2D eigenvalue weighted by Crippen LogP contribution is -2.47. The van der Waals surface area contributed by atoms with E-state index in [0.717, 1.165) is 54.4 Å². The number of fused-ring (bicyclic) bond motifs is 2. The van der Waals surface area contributed by atoms with E-state index >= 15 is 0 Å². The SMILES string of the molecule is O=C(NCCn1ncc2c(N3CCN(c4ncccn4)CC3)ncnc21)c1cc2ccccc2o1. The molecule has 1 N–H and O–H groups in total. The number of furan rings is 1. The summed E-state index contributed by atoms with van der Waals surface area (Å²) in [7, 11) is 0. The van der Waals surface area contributed by atoms with Crippen molar-refractivity contribution in [1.29, 1.82) is 0 Å². The molecule has 1 fully saturated rings. The lowest BCUT2D eigenvalue weighted by atomic mass is 10.2. The van der Waals surface area contributed by atoms with Gasteiger partial charge in [-0.2, -0.15) is 5.10 Å². The fourth-order valence-corrected chi connectivity index (χ4v) is 4.33. The summed E-state index contributed by atoms with van der Waals surface area (Å²) in [4.78, 5) is 34.6. The van der Waals surface area contributed by atoms with E-state index in [9.17, 15) is 4.79 Å². The fraction of sp³-hybridized carbons (Fsp3) is 0.250. The molecule has 1 aliphatic heterocycles. The van der Waals surface area contributed by atoms with Gasteiger partial charge in [0.05, 0.1) is 18.1 Å². The van der Waals surface area contributed by atoms with Crippen LogP contribution < -0.4 is 15.1 Å². The highest BCUT2D eigenvalue weighted by molar-refractivity contribution is 5.96. The predicted octanol–water partition coefficient (Wildman–Crippen LogP) is 2.12. The number of carbonyl (C=O) groups is 1. The molecule has 11 nitrogen and oxygen atoms in total. The monoisotopic (exact) mass is 469 g/mol. The van der Waals surface area contributed by atoms with Crippen LogP contribution in [-0.2, 0) is 6.54 Å². The maximum absolute atomic E-state index is 12.5. The predicted molar refractivity (Wildman–Crippen MR) is 130 cm³/mol. The number of nitrogens with zero attached hydrogens (tertiary/aromatic N) is 8. The molecule has 1 aliphatic rings. The molecule has 5 aromatic rings. The number of aromatic nitrogens is 6. The largest absolute Gasteiger partial charge is 0.451 e. The van der Waals surface area contributed by atoms with Crippen molar-refractivity contribution in [2.75, 3.05) is 42.5 Å². The second-order valence-corrected chi connectivity index (χ2v) is 8.23. The van der Waals surface area contributed by atoms with Crippen LogP contribution in [-0.4, -0.2) is 68.3 Å². The van der Waals surface area contributed by atoms with Crippen molar-refractivity contribution in [2.24, 2.45) is 0 Å². The first-order chi connectivity index (χ1) is 17.3. The summed E-state index contributed by atoms with van der Waals surface area (Å²) in [5.41, 5.74) is 1.43. The van der Waals surface area contributed by atoms with Gasteiger partial charge in [-0.1, -0.05) is 18.2 Å². The number of rotatable bonds is 6. The fourth-order valence-electron chi connectivity index (χ4n) is 4.33. The number of amides is 1. The third-order valence-corrected chi connectivity index (χ3v) is 6.09. The Labute approximate surface area is 200 Å². The van der Waals surface area contributed by atoms with Crippen molar-refractivity contribution < 1.29 is 9.21 Å². The van der Waals surface area contributed by atoms with Crippen molar-refractivity contribution in [2.45, 2.75) is 6.54 Å². The zero-order chi connectivity index (χ0) is 23.6. The van der Waals surface area contributed by atoms with Crippen molar-refractivity contribution in [3.05, 3.63) is 67.1 Å². The number of nitrogens with one attached hydrogen (secondary N) is 1. The van der Waals surface area contributed by atoms with Gasteiger partial charge in [0.2, 0.25) is 5.95 Å². The van der Waals surface area contributed by atoms with Crippen molar-refractivity contribution in [3.8, 4) is 0 Å². The summed E-state index contributed by atoms with van der Waals surface area (Å²) < 4.78 is 7.42. The number of benzene rings is 1. The number of para-hydroxylation sites is 1. The van der Waals surface area contributed by atoms with Crippen LogP contribution >= 0.6 is 0 Å². The smallest absolute Gasteiger partial charge is 0.287 e. The van der Waals surface area contributed by atoms with Gasteiger partial charge >= 0.3 is 0 Å². The first-order valence-corrected chi connectivity index (χ1v) is 11.5. The first kappa shape index (κ1) is 21.0. The van der Waals surface area contributed by atoms with Gasteiger partial charge in [-0.25, -0.2) is 24.6 Å².